The molecule has 1 aliphatic carbocycles. The van der Waals surface area contributed by atoms with Crippen molar-refractivity contribution in [3.63, 3.8) is 0 Å². The number of nitrogens with one attached hydrogen (secondary N) is 1. The summed E-state index contributed by atoms with van der Waals surface area (Å²) in [5.74, 6) is 0.861. The fourth-order valence-electron chi connectivity index (χ4n) is 3.76. The second-order valence-electron chi connectivity index (χ2n) is 6.75. The molecule has 2 heterocycles. The SMILES string of the molecule is CCCC1(C(=O)N2CCN(C(=O)C3CC3)CC2)CCCN1. The van der Waals surface area contributed by atoms with Crippen LogP contribution in [0.5, 0.6) is 0 Å². The normalized spacial score (nSPS) is 29.8. The molecule has 1 N–H and O–H groups in total. The summed E-state index contributed by atoms with van der Waals surface area (Å²) in [6.07, 6.45) is 6.11. The standard InChI is InChI=1S/C16H27N3O2/c1-2-6-16(7-3-8-17-16)15(21)19-11-9-18(10-12-19)14(20)13-4-5-13/h13,17H,2-12H2,1H3. The van der Waals surface area contributed by atoms with Crippen LogP contribution in [0.2, 0.25) is 0 Å². The summed E-state index contributed by atoms with van der Waals surface area (Å²) in [4.78, 5) is 28.9. The average Bonchev–Trinajstić information content (AvgIpc) is 3.26. The molecule has 0 radical (unpaired) electrons. The van der Waals surface area contributed by atoms with Crippen LogP contribution in [0.3, 0.4) is 0 Å². The van der Waals surface area contributed by atoms with E-state index in [9.17, 15) is 9.59 Å². The minimum Gasteiger partial charge on any atom is -0.339 e. The van der Waals surface area contributed by atoms with Crippen LogP contribution in [0, 0.1) is 5.92 Å². The van der Waals surface area contributed by atoms with Gasteiger partial charge in [0.1, 0.15) is 0 Å². The summed E-state index contributed by atoms with van der Waals surface area (Å²) >= 11 is 0. The van der Waals surface area contributed by atoms with Crippen LogP contribution in [0.4, 0.5) is 0 Å². The summed E-state index contributed by atoms with van der Waals surface area (Å²) in [7, 11) is 0. The van der Waals surface area contributed by atoms with Gasteiger partial charge in [0.2, 0.25) is 11.8 Å². The minimum atomic E-state index is -0.322. The van der Waals surface area contributed by atoms with E-state index in [4.69, 9.17) is 0 Å². The van der Waals surface area contributed by atoms with Crippen molar-refractivity contribution in [2.45, 2.75) is 51.0 Å². The zero-order valence-electron chi connectivity index (χ0n) is 13.1. The number of carbonyl (C=O) groups excluding carboxylic acids is 2. The van der Waals surface area contributed by atoms with Crippen molar-refractivity contribution in [3.05, 3.63) is 0 Å². The third kappa shape index (κ3) is 2.93. The molecule has 3 fully saturated rings. The van der Waals surface area contributed by atoms with Crippen molar-refractivity contribution >= 4 is 11.8 Å². The van der Waals surface area contributed by atoms with Gasteiger partial charge < -0.3 is 15.1 Å². The second kappa shape index (κ2) is 5.95. The van der Waals surface area contributed by atoms with Gasteiger partial charge in [-0.1, -0.05) is 13.3 Å². The smallest absolute Gasteiger partial charge is 0.242 e. The molecule has 21 heavy (non-hydrogen) atoms. The number of carbonyl (C=O) groups is 2. The van der Waals surface area contributed by atoms with Gasteiger partial charge in [-0.3, -0.25) is 9.59 Å². The predicted molar refractivity (Wildman–Crippen MR) is 80.8 cm³/mol. The lowest BCUT2D eigenvalue weighted by Gasteiger charge is -2.40. The van der Waals surface area contributed by atoms with Crippen LogP contribution in [0.1, 0.15) is 45.4 Å². The van der Waals surface area contributed by atoms with Gasteiger partial charge in [-0.2, -0.15) is 0 Å². The van der Waals surface area contributed by atoms with Gasteiger partial charge in [-0.15, -0.1) is 0 Å². The summed E-state index contributed by atoms with van der Waals surface area (Å²) < 4.78 is 0. The maximum absolute atomic E-state index is 12.9. The Kier molecular flexibility index (Phi) is 4.20. The molecule has 0 spiro atoms. The molecule has 3 rings (SSSR count). The average molecular weight is 293 g/mol. The lowest BCUT2D eigenvalue weighted by molar-refractivity contribution is -0.144. The number of piperazine rings is 1. The van der Waals surface area contributed by atoms with E-state index in [-0.39, 0.29) is 17.4 Å². The number of amides is 2. The van der Waals surface area contributed by atoms with Gasteiger partial charge in [0.25, 0.3) is 0 Å². The third-order valence-corrected chi connectivity index (χ3v) is 5.14. The summed E-state index contributed by atoms with van der Waals surface area (Å²) in [6.45, 7) is 5.91. The zero-order chi connectivity index (χ0) is 14.9. The van der Waals surface area contributed by atoms with E-state index in [2.05, 4.69) is 12.2 Å². The highest BCUT2D eigenvalue weighted by Gasteiger charge is 2.43. The van der Waals surface area contributed by atoms with Crippen molar-refractivity contribution in [3.8, 4) is 0 Å². The molecule has 0 aromatic carbocycles. The molecule has 5 nitrogen and oxygen atoms in total. The fourth-order valence-corrected chi connectivity index (χ4v) is 3.76. The predicted octanol–water partition coefficient (Wildman–Crippen LogP) is 0.989. The third-order valence-electron chi connectivity index (χ3n) is 5.14. The van der Waals surface area contributed by atoms with Crippen LogP contribution in [0.25, 0.3) is 0 Å². The Hall–Kier alpha value is -1.10. The first kappa shape index (κ1) is 14.8. The van der Waals surface area contributed by atoms with Crippen LogP contribution in [-0.2, 0) is 9.59 Å². The molecule has 2 amide bonds. The summed E-state index contributed by atoms with van der Waals surface area (Å²) in [6, 6.07) is 0. The van der Waals surface area contributed by atoms with Gasteiger partial charge in [0.15, 0.2) is 0 Å². The van der Waals surface area contributed by atoms with Crippen molar-refractivity contribution in [1.29, 1.82) is 0 Å². The number of rotatable bonds is 4. The van der Waals surface area contributed by atoms with Crippen molar-refractivity contribution < 1.29 is 9.59 Å². The van der Waals surface area contributed by atoms with E-state index in [1.807, 2.05) is 9.80 Å². The van der Waals surface area contributed by atoms with Crippen LogP contribution in [0.15, 0.2) is 0 Å². The molecule has 1 saturated carbocycles. The molecule has 2 aliphatic heterocycles. The Balaban J connectivity index is 1.57. The first-order valence-electron chi connectivity index (χ1n) is 8.49. The molecular weight excluding hydrogens is 266 g/mol. The van der Waals surface area contributed by atoms with Gasteiger partial charge in [0.05, 0.1) is 5.54 Å². The topological polar surface area (TPSA) is 52.7 Å². The first-order valence-corrected chi connectivity index (χ1v) is 8.49. The maximum Gasteiger partial charge on any atom is 0.242 e. The Morgan fingerprint density at radius 1 is 1.14 bits per heavy atom. The van der Waals surface area contributed by atoms with Gasteiger partial charge in [-0.05, 0) is 38.6 Å². The molecule has 0 aromatic heterocycles. The summed E-state index contributed by atoms with van der Waals surface area (Å²) in [5.41, 5.74) is -0.322. The minimum absolute atomic E-state index is 0.264. The van der Waals surface area contributed by atoms with Crippen LogP contribution in [-0.4, -0.2) is 59.9 Å². The number of hydrogen-bond acceptors (Lipinski definition) is 3. The quantitative estimate of drug-likeness (QED) is 0.841. The van der Waals surface area contributed by atoms with E-state index in [0.29, 0.717) is 32.1 Å². The Labute approximate surface area is 127 Å². The first-order chi connectivity index (χ1) is 10.2. The van der Waals surface area contributed by atoms with Crippen molar-refractivity contribution in [2.24, 2.45) is 5.92 Å². The van der Waals surface area contributed by atoms with Gasteiger partial charge in [0, 0.05) is 32.1 Å². The molecule has 0 bridgehead atoms. The van der Waals surface area contributed by atoms with E-state index >= 15 is 0 Å². The lowest BCUT2D eigenvalue weighted by Crippen LogP contribution is -2.59. The van der Waals surface area contributed by atoms with Crippen molar-refractivity contribution in [1.82, 2.24) is 15.1 Å². The second-order valence-corrected chi connectivity index (χ2v) is 6.75. The lowest BCUT2D eigenvalue weighted by atomic mass is 9.90. The maximum atomic E-state index is 12.9. The molecule has 1 atom stereocenters. The van der Waals surface area contributed by atoms with E-state index in [0.717, 1.165) is 45.1 Å². The molecule has 0 aromatic rings. The highest BCUT2D eigenvalue weighted by Crippen LogP contribution is 2.32. The number of hydrogen-bond donors (Lipinski definition) is 1. The summed E-state index contributed by atoms with van der Waals surface area (Å²) in [5, 5.41) is 3.46. The van der Waals surface area contributed by atoms with Crippen LogP contribution >= 0.6 is 0 Å². The highest BCUT2D eigenvalue weighted by molar-refractivity contribution is 5.87. The van der Waals surface area contributed by atoms with Gasteiger partial charge in [-0.25, -0.2) is 0 Å². The monoisotopic (exact) mass is 293 g/mol. The van der Waals surface area contributed by atoms with Crippen molar-refractivity contribution in [2.75, 3.05) is 32.7 Å². The highest BCUT2D eigenvalue weighted by atomic mass is 16.2. The molecular formula is C16H27N3O2. The largest absolute Gasteiger partial charge is 0.339 e. The molecule has 1 unspecified atom stereocenters. The van der Waals surface area contributed by atoms with E-state index in [1.165, 1.54) is 0 Å². The fraction of sp³-hybridized carbons (Fsp3) is 0.875. The Morgan fingerprint density at radius 2 is 1.81 bits per heavy atom. The molecule has 118 valence electrons. The molecule has 3 aliphatic rings. The Bertz CT molecular complexity index is 406. The zero-order valence-corrected chi connectivity index (χ0v) is 13.1. The van der Waals surface area contributed by atoms with Gasteiger partial charge >= 0.3 is 0 Å². The number of nitrogens with zero attached hydrogens (tertiary/aromatic N) is 2. The molecule has 5 heteroatoms. The van der Waals surface area contributed by atoms with Crippen LogP contribution < -0.4 is 5.32 Å². The Morgan fingerprint density at radius 3 is 2.33 bits per heavy atom. The van der Waals surface area contributed by atoms with E-state index in [1.54, 1.807) is 0 Å². The van der Waals surface area contributed by atoms with E-state index < -0.39 is 0 Å². The molecule has 2 saturated heterocycles.